The molecule has 2 N–H and O–H groups in total. The minimum absolute atomic E-state index is 0.273. The van der Waals surface area contributed by atoms with Crippen molar-refractivity contribution in [3.05, 3.63) is 60.2 Å². The quantitative estimate of drug-likeness (QED) is 0.907. The Morgan fingerprint density at radius 2 is 1.90 bits per heavy atom. The monoisotopic (exact) mass is 280 g/mol. The first kappa shape index (κ1) is 13.2. The van der Waals surface area contributed by atoms with E-state index in [1.807, 2.05) is 54.6 Å². The van der Waals surface area contributed by atoms with Gasteiger partial charge in [-0.05, 0) is 18.2 Å². The van der Waals surface area contributed by atoms with E-state index in [0.717, 1.165) is 16.9 Å². The van der Waals surface area contributed by atoms with Crippen LogP contribution in [0.3, 0.4) is 0 Å². The summed E-state index contributed by atoms with van der Waals surface area (Å²) >= 11 is 0. The summed E-state index contributed by atoms with van der Waals surface area (Å²) in [6.45, 7) is 0.345. The lowest BCUT2D eigenvalue weighted by molar-refractivity contribution is 0.194. The van der Waals surface area contributed by atoms with Gasteiger partial charge in [-0.2, -0.15) is 0 Å². The highest BCUT2D eigenvalue weighted by Gasteiger charge is 2.20. The molecule has 0 saturated heterocycles. The topological polar surface area (TPSA) is 62.7 Å². The Balaban J connectivity index is 1.58. The van der Waals surface area contributed by atoms with Crippen molar-refractivity contribution in [2.45, 2.75) is 6.10 Å². The minimum Gasteiger partial charge on any atom is -0.464 e. The molecule has 1 heterocycles. The molecule has 2 aromatic rings. The van der Waals surface area contributed by atoms with Crippen LogP contribution in [0.15, 0.2) is 59.6 Å². The Bertz CT molecular complexity index is 656. The molecule has 5 heteroatoms. The highest BCUT2D eigenvalue weighted by atomic mass is 16.5. The zero-order valence-electron chi connectivity index (χ0n) is 11.2. The van der Waals surface area contributed by atoms with Crippen LogP contribution in [0.4, 0.5) is 16.2 Å². The number of nitrogens with one attached hydrogen (secondary N) is 2. The van der Waals surface area contributed by atoms with Gasteiger partial charge in [0.05, 0.1) is 12.2 Å². The highest BCUT2D eigenvalue weighted by molar-refractivity contribution is 5.89. The van der Waals surface area contributed by atoms with Gasteiger partial charge in [0, 0.05) is 11.3 Å². The third-order valence-electron chi connectivity index (χ3n) is 3.12. The van der Waals surface area contributed by atoms with Crippen LogP contribution in [-0.2, 0) is 4.74 Å². The third kappa shape index (κ3) is 3.20. The molecule has 1 atom stereocenters. The van der Waals surface area contributed by atoms with E-state index in [1.165, 1.54) is 0 Å². The van der Waals surface area contributed by atoms with E-state index in [0.29, 0.717) is 6.54 Å². The van der Waals surface area contributed by atoms with Crippen molar-refractivity contribution < 1.29 is 9.53 Å². The molecule has 21 heavy (non-hydrogen) atoms. The van der Waals surface area contributed by atoms with Gasteiger partial charge in [-0.3, -0.25) is 0 Å². The van der Waals surface area contributed by atoms with Crippen molar-refractivity contribution in [1.82, 2.24) is 5.32 Å². The van der Waals surface area contributed by atoms with Crippen molar-refractivity contribution in [2.75, 3.05) is 11.9 Å². The van der Waals surface area contributed by atoms with Crippen LogP contribution in [0.2, 0.25) is 0 Å². The normalized spacial score (nSPS) is 15.7. The second kappa shape index (κ2) is 6.09. The molecule has 5 nitrogen and oxygen atoms in total. The predicted molar refractivity (Wildman–Crippen MR) is 80.8 cm³/mol. The summed E-state index contributed by atoms with van der Waals surface area (Å²) in [4.78, 5) is 15.9. The number of para-hydroxylation sites is 2. The van der Waals surface area contributed by atoms with Crippen LogP contribution in [0, 0.1) is 0 Å². The van der Waals surface area contributed by atoms with E-state index < -0.39 is 0 Å². The molecule has 0 spiro atoms. The van der Waals surface area contributed by atoms with Crippen molar-refractivity contribution in [2.24, 2.45) is 4.99 Å². The van der Waals surface area contributed by atoms with Crippen LogP contribution in [0.25, 0.3) is 0 Å². The maximum absolute atomic E-state index is 11.8. The van der Waals surface area contributed by atoms with Crippen molar-refractivity contribution in [3.8, 4) is 0 Å². The van der Waals surface area contributed by atoms with E-state index in [2.05, 4.69) is 22.0 Å². The smallest absolute Gasteiger partial charge is 0.319 e. The molecule has 105 valence electrons. The van der Waals surface area contributed by atoms with Gasteiger partial charge in [0.15, 0.2) is 0 Å². The Morgan fingerprint density at radius 3 is 2.76 bits per heavy atom. The van der Waals surface area contributed by atoms with E-state index in [-0.39, 0.29) is 12.1 Å². The molecule has 0 bridgehead atoms. The first-order valence-corrected chi connectivity index (χ1v) is 6.63. The van der Waals surface area contributed by atoms with Crippen molar-refractivity contribution >= 4 is 23.8 Å². The summed E-state index contributed by atoms with van der Waals surface area (Å²) < 4.78 is 5.35. The highest BCUT2D eigenvalue weighted by Crippen LogP contribution is 2.30. The Hall–Kier alpha value is -2.82. The van der Waals surface area contributed by atoms with Crippen LogP contribution >= 0.6 is 0 Å². The van der Waals surface area contributed by atoms with Gasteiger partial charge in [-0.1, -0.05) is 36.4 Å². The molecule has 1 radical (unpaired) electrons. The van der Waals surface area contributed by atoms with Crippen LogP contribution < -0.4 is 10.6 Å². The lowest BCUT2D eigenvalue weighted by Gasteiger charge is -2.21. The number of anilines is 1. The molecule has 1 aliphatic heterocycles. The summed E-state index contributed by atoms with van der Waals surface area (Å²) in [5.74, 6) is 0. The zero-order valence-corrected chi connectivity index (χ0v) is 11.2. The molecular weight excluding hydrogens is 266 g/mol. The first-order chi connectivity index (χ1) is 10.3. The largest absolute Gasteiger partial charge is 0.464 e. The predicted octanol–water partition coefficient (Wildman–Crippen LogP) is 3.12. The lowest BCUT2D eigenvalue weighted by atomic mass is 10.1. The van der Waals surface area contributed by atoms with E-state index >= 15 is 0 Å². The molecule has 0 aromatic heterocycles. The second-order valence-electron chi connectivity index (χ2n) is 4.57. The molecule has 2 amide bonds. The van der Waals surface area contributed by atoms with E-state index in [1.54, 1.807) is 0 Å². The van der Waals surface area contributed by atoms with Crippen molar-refractivity contribution in [3.63, 3.8) is 0 Å². The average molecular weight is 280 g/mol. The number of urea groups is 1. The number of amides is 2. The van der Waals surface area contributed by atoms with Gasteiger partial charge in [0.2, 0.25) is 0 Å². The SMILES string of the molecule is O=C(NCC1O[C]=Nc2ccccc21)Nc1ccccc1. The van der Waals surface area contributed by atoms with E-state index in [4.69, 9.17) is 4.74 Å². The number of rotatable bonds is 3. The van der Waals surface area contributed by atoms with Gasteiger partial charge in [0.1, 0.15) is 6.10 Å². The number of fused-ring (bicyclic) bond motifs is 1. The van der Waals surface area contributed by atoms with Crippen molar-refractivity contribution in [1.29, 1.82) is 0 Å². The Labute approximate surface area is 122 Å². The van der Waals surface area contributed by atoms with Crippen LogP contribution in [-0.4, -0.2) is 19.0 Å². The third-order valence-corrected chi connectivity index (χ3v) is 3.12. The molecule has 0 aliphatic carbocycles. The fourth-order valence-corrected chi connectivity index (χ4v) is 2.10. The molecule has 0 fully saturated rings. The Kier molecular flexibility index (Phi) is 3.82. The molecular formula is C16H14N3O2. The maximum Gasteiger partial charge on any atom is 0.319 e. The Morgan fingerprint density at radius 1 is 1.14 bits per heavy atom. The molecule has 0 saturated carbocycles. The minimum atomic E-state index is -0.278. The average Bonchev–Trinajstić information content (AvgIpc) is 2.54. The summed E-state index contributed by atoms with van der Waals surface area (Å²) in [5.41, 5.74) is 2.50. The number of carbonyl (C=O) groups excluding carboxylic acids is 1. The summed E-state index contributed by atoms with van der Waals surface area (Å²) in [7, 11) is 0. The van der Waals surface area contributed by atoms with Crippen LogP contribution in [0.5, 0.6) is 0 Å². The summed E-state index contributed by atoms with van der Waals surface area (Å²) in [6.07, 6.45) is 2.24. The number of benzene rings is 2. The standard InChI is InChI=1S/C16H14N3O2/c20-16(19-12-6-2-1-3-7-12)17-10-15-13-8-4-5-9-14(13)18-11-21-15/h1-9,15H,10H2,(H2,17,19,20). The van der Waals surface area contributed by atoms with E-state index in [9.17, 15) is 4.79 Å². The number of aliphatic imine (C=N–C) groups is 1. The van der Waals surface area contributed by atoms with Gasteiger partial charge in [-0.25, -0.2) is 9.79 Å². The number of hydrogen-bond donors (Lipinski definition) is 2. The van der Waals surface area contributed by atoms with Crippen LogP contribution in [0.1, 0.15) is 11.7 Å². The molecule has 1 aliphatic rings. The van der Waals surface area contributed by atoms with Gasteiger partial charge < -0.3 is 15.4 Å². The maximum atomic E-state index is 11.8. The molecule has 3 rings (SSSR count). The number of nitrogens with zero attached hydrogens (tertiary/aromatic N) is 1. The fraction of sp³-hybridized carbons (Fsp3) is 0.125. The number of ether oxygens (including phenoxy) is 1. The first-order valence-electron chi connectivity index (χ1n) is 6.63. The van der Waals surface area contributed by atoms with Gasteiger partial charge in [0.25, 0.3) is 6.40 Å². The molecule has 2 aromatic carbocycles. The summed E-state index contributed by atoms with van der Waals surface area (Å²) in [6, 6.07) is 16.6. The number of carbonyl (C=O) groups is 1. The lowest BCUT2D eigenvalue weighted by Crippen LogP contribution is -2.33. The summed E-state index contributed by atoms with van der Waals surface area (Å²) in [5, 5.41) is 5.54. The molecule has 1 unspecified atom stereocenters. The fourth-order valence-electron chi connectivity index (χ4n) is 2.10. The number of hydrogen-bond acceptors (Lipinski definition) is 3. The second-order valence-corrected chi connectivity index (χ2v) is 4.57. The van der Waals surface area contributed by atoms with Gasteiger partial charge in [-0.15, -0.1) is 0 Å². The van der Waals surface area contributed by atoms with Gasteiger partial charge >= 0.3 is 6.03 Å². The zero-order chi connectivity index (χ0) is 14.5.